The third kappa shape index (κ3) is 9.73. The zero-order valence-electron chi connectivity index (χ0n) is 13.0. The lowest BCUT2D eigenvalue weighted by Gasteiger charge is -2.11. The summed E-state index contributed by atoms with van der Waals surface area (Å²) in [4.78, 5) is 14.8. The highest BCUT2D eigenvalue weighted by Gasteiger charge is 2.17. The second-order valence-corrected chi connectivity index (χ2v) is 4.75. The Balaban J connectivity index is 0.000000281. The normalized spacial score (nSPS) is 18.2. The molecule has 0 bridgehead atoms. The molecular weight excluding hydrogens is 244 g/mol. The second kappa shape index (κ2) is 12.2. The molecule has 0 aromatic heterocycles. The molecule has 2 fully saturated rings. The van der Waals surface area contributed by atoms with Crippen molar-refractivity contribution in [3.63, 3.8) is 0 Å². The maximum atomic E-state index is 10.7. The van der Waals surface area contributed by atoms with Crippen molar-refractivity contribution in [3.8, 4) is 0 Å². The monoisotopic (exact) mass is 274 g/mol. The lowest BCUT2D eigenvalue weighted by atomic mass is 10.4. The average Bonchev–Trinajstić information content (AvgIpc) is 3.11. The first kappa shape index (κ1) is 18.2. The quantitative estimate of drug-likeness (QED) is 0.735. The molecule has 114 valence electrons. The molecule has 0 spiro atoms. The molecule has 0 saturated carbocycles. The number of carbonyl (C=O) groups excluding carboxylic acids is 1. The highest BCUT2D eigenvalue weighted by Crippen LogP contribution is 2.07. The van der Waals surface area contributed by atoms with Crippen LogP contribution in [0.15, 0.2) is 0 Å². The Kier molecular flexibility index (Phi) is 11.7. The number of methoxy groups -OCH3 is 2. The number of amides is 1. The minimum atomic E-state index is -0.187. The molecule has 2 heterocycles. The van der Waals surface area contributed by atoms with E-state index in [2.05, 4.69) is 21.4 Å². The SMILES string of the molecule is CCOC.CN1CCCC1.COC(=O)N1CCCC1. The summed E-state index contributed by atoms with van der Waals surface area (Å²) in [6, 6.07) is 0. The van der Waals surface area contributed by atoms with Gasteiger partial charge in [0.1, 0.15) is 0 Å². The van der Waals surface area contributed by atoms with Gasteiger partial charge in [0.05, 0.1) is 7.11 Å². The summed E-state index contributed by atoms with van der Waals surface area (Å²) in [7, 11) is 5.27. The summed E-state index contributed by atoms with van der Waals surface area (Å²) in [5.41, 5.74) is 0. The van der Waals surface area contributed by atoms with Crippen molar-refractivity contribution in [2.45, 2.75) is 32.6 Å². The standard InChI is InChI=1S/C6H11NO2.C5H11N.C3H8O/c1-9-6(8)7-4-2-3-5-7;1-6-4-2-3-5-6;1-3-4-2/h2-5H2,1H3;2-5H2,1H3;3H2,1-2H3. The van der Waals surface area contributed by atoms with E-state index in [9.17, 15) is 4.79 Å². The van der Waals surface area contributed by atoms with Crippen LogP contribution in [0.2, 0.25) is 0 Å². The van der Waals surface area contributed by atoms with Gasteiger partial charge >= 0.3 is 6.09 Å². The third-order valence-corrected chi connectivity index (χ3v) is 3.16. The van der Waals surface area contributed by atoms with Gasteiger partial charge < -0.3 is 19.3 Å². The predicted molar refractivity (Wildman–Crippen MR) is 77.5 cm³/mol. The highest BCUT2D eigenvalue weighted by atomic mass is 16.5. The predicted octanol–water partition coefficient (Wildman–Crippen LogP) is 2.21. The van der Waals surface area contributed by atoms with Gasteiger partial charge in [-0.2, -0.15) is 0 Å². The fourth-order valence-corrected chi connectivity index (χ4v) is 1.90. The Labute approximate surface area is 117 Å². The lowest BCUT2D eigenvalue weighted by molar-refractivity contribution is 0.133. The van der Waals surface area contributed by atoms with Gasteiger partial charge in [-0.25, -0.2) is 4.79 Å². The molecule has 0 aromatic carbocycles. The molecule has 19 heavy (non-hydrogen) atoms. The van der Waals surface area contributed by atoms with E-state index >= 15 is 0 Å². The zero-order chi connectivity index (χ0) is 14.5. The van der Waals surface area contributed by atoms with Crippen LogP contribution >= 0.6 is 0 Å². The smallest absolute Gasteiger partial charge is 0.409 e. The zero-order valence-corrected chi connectivity index (χ0v) is 13.0. The van der Waals surface area contributed by atoms with E-state index in [1.807, 2.05) is 6.92 Å². The summed E-state index contributed by atoms with van der Waals surface area (Å²) in [5, 5.41) is 0. The van der Waals surface area contributed by atoms with E-state index in [1.54, 1.807) is 12.0 Å². The maximum Gasteiger partial charge on any atom is 0.409 e. The van der Waals surface area contributed by atoms with Crippen molar-refractivity contribution in [1.29, 1.82) is 0 Å². The van der Waals surface area contributed by atoms with E-state index in [0.29, 0.717) is 0 Å². The highest BCUT2D eigenvalue weighted by molar-refractivity contribution is 5.67. The molecule has 1 amide bonds. The van der Waals surface area contributed by atoms with Gasteiger partial charge in [-0.1, -0.05) is 0 Å². The largest absolute Gasteiger partial charge is 0.453 e. The van der Waals surface area contributed by atoms with Gasteiger partial charge in [0.25, 0.3) is 0 Å². The van der Waals surface area contributed by atoms with Gasteiger partial charge in [-0.3, -0.25) is 0 Å². The van der Waals surface area contributed by atoms with Crippen LogP contribution in [0.25, 0.3) is 0 Å². The van der Waals surface area contributed by atoms with Crippen LogP contribution in [0.5, 0.6) is 0 Å². The average molecular weight is 274 g/mol. The summed E-state index contributed by atoms with van der Waals surface area (Å²) in [6.45, 7) is 7.15. The third-order valence-electron chi connectivity index (χ3n) is 3.16. The summed E-state index contributed by atoms with van der Waals surface area (Å²) in [6.07, 6.45) is 4.88. The Morgan fingerprint density at radius 2 is 1.42 bits per heavy atom. The molecule has 0 atom stereocenters. The number of nitrogens with zero attached hydrogens (tertiary/aromatic N) is 2. The molecule has 0 N–H and O–H groups in total. The number of ether oxygens (including phenoxy) is 2. The first-order valence-electron chi connectivity index (χ1n) is 7.16. The van der Waals surface area contributed by atoms with E-state index in [1.165, 1.54) is 33.0 Å². The number of hydrogen-bond donors (Lipinski definition) is 0. The molecule has 0 aliphatic carbocycles. The van der Waals surface area contributed by atoms with Crippen molar-refractivity contribution in [2.24, 2.45) is 0 Å². The summed E-state index contributed by atoms with van der Waals surface area (Å²) in [5.74, 6) is 0. The molecule has 0 aromatic rings. The Morgan fingerprint density at radius 1 is 1.00 bits per heavy atom. The first-order valence-corrected chi connectivity index (χ1v) is 7.16. The van der Waals surface area contributed by atoms with Crippen molar-refractivity contribution in [3.05, 3.63) is 0 Å². The fraction of sp³-hybridized carbons (Fsp3) is 0.929. The molecule has 2 aliphatic rings. The fourth-order valence-electron chi connectivity index (χ4n) is 1.90. The first-order chi connectivity index (χ1) is 9.15. The second-order valence-electron chi connectivity index (χ2n) is 4.75. The minimum absolute atomic E-state index is 0.187. The van der Waals surface area contributed by atoms with E-state index < -0.39 is 0 Å². The molecule has 0 radical (unpaired) electrons. The van der Waals surface area contributed by atoms with E-state index in [0.717, 1.165) is 32.5 Å². The number of likely N-dealkylation sites (tertiary alicyclic amines) is 2. The van der Waals surface area contributed by atoms with Gasteiger partial charge in [0, 0.05) is 26.8 Å². The van der Waals surface area contributed by atoms with Crippen LogP contribution < -0.4 is 0 Å². The lowest BCUT2D eigenvalue weighted by Crippen LogP contribution is -2.27. The van der Waals surface area contributed by atoms with Gasteiger partial charge in [0.2, 0.25) is 0 Å². The Bertz CT molecular complexity index is 211. The van der Waals surface area contributed by atoms with Crippen LogP contribution in [0.4, 0.5) is 4.79 Å². The molecule has 2 rings (SSSR count). The molecule has 2 saturated heterocycles. The molecule has 2 aliphatic heterocycles. The number of hydrogen-bond acceptors (Lipinski definition) is 4. The van der Waals surface area contributed by atoms with E-state index in [-0.39, 0.29) is 6.09 Å². The Morgan fingerprint density at radius 3 is 1.68 bits per heavy atom. The van der Waals surface area contributed by atoms with Crippen LogP contribution in [-0.2, 0) is 9.47 Å². The molecule has 5 nitrogen and oxygen atoms in total. The molecule has 0 unspecified atom stereocenters. The maximum absolute atomic E-state index is 10.7. The van der Waals surface area contributed by atoms with Crippen molar-refractivity contribution in [2.75, 3.05) is 54.1 Å². The summed E-state index contributed by atoms with van der Waals surface area (Å²) >= 11 is 0. The number of carbonyl (C=O) groups is 1. The van der Waals surface area contributed by atoms with Crippen LogP contribution in [0.1, 0.15) is 32.6 Å². The molecule has 5 heteroatoms. The molecular formula is C14H30N2O3. The van der Waals surface area contributed by atoms with E-state index in [4.69, 9.17) is 0 Å². The topological polar surface area (TPSA) is 42.0 Å². The van der Waals surface area contributed by atoms with Crippen LogP contribution in [0, 0.1) is 0 Å². The van der Waals surface area contributed by atoms with Crippen molar-refractivity contribution >= 4 is 6.09 Å². The Hall–Kier alpha value is -0.810. The number of rotatable bonds is 1. The van der Waals surface area contributed by atoms with Gasteiger partial charge in [-0.05, 0) is 52.7 Å². The minimum Gasteiger partial charge on any atom is -0.453 e. The van der Waals surface area contributed by atoms with Crippen LogP contribution in [0.3, 0.4) is 0 Å². The van der Waals surface area contributed by atoms with Gasteiger partial charge in [-0.15, -0.1) is 0 Å². The van der Waals surface area contributed by atoms with Crippen molar-refractivity contribution < 1.29 is 14.3 Å². The summed E-state index contributed by atoms with van der Waals surface area (Å²) < 4.78 is 9.06. The van der Waals surface area contributed by atoms with Crippen molar-refractivity contribution in [1.82, 2.24) is 9.80 Å². The van der Waals surface area contributed by atoms with Gasteiger partial charge in [0.15, 0.2) is 0 Å². The van der Waals surface area contributed by atoms with Crippen LogP contribution in [-0.4, -0.2) is 69.9 Å².